The number of aromatic nitrogens is 3. The van der Waals surface area contributed by atoms with Gasteiger partial charge >= 0.3 is 0 Å². The van der Waals surface area contributed by atoms with Crippen LogP contribution >= 0.6 is 11.6 Å². The minimum atomic E-state index is -0.859. The average molecular weight is 286 g/mol. The number of nitrogens with zero attached hydrogens (tertiary/aromatic N) is 3. The highest BCUT2D eigenvalue weighted by atomic mass is 35.5. The summed E-state index contributed by atoms with van der Waals surface area (Å²) in [6.07, 6.45) is 4.16. The van der Waals surface area contributed by atoms with Crippen LogP contribution in [0.25, 0.3) is 11.2 Å². The van der Waals surface area contributed by atoms with Gasteiger partial charge in [0.1, 0.15) is 11.3 Å². The van der Waals surface area contributed by atoms with Gasteiger partial charge in [0.25, 0.3) is 0 Å². The third-order valence-electron chi connectivity index (χ3n) is 2.91. The highest BCUT2D eigenvalue weighted by molar-refractivity contribution is 7.84. The normalized spacial score (nSPS) is 14.8. The molecule has 98 valence electrons. The molecular formula is C12H16ClN3OS. The van der Waals surface area contributed by atoms with Gasteiger partial charge in [-0.25, -0.2) is 9.97 Å². The standard InChI is InChI=1S/C12H16ClN3OS/c1-9(18(2)17)8-16-11(5-6-13)15-10-4-3-7-14-12(10)16/h3-4,7,9H,5-6,8H2,1-2H3. The molecule has 2 unspecified atom stereocenters. The zero-order chi connectivity index (χ0) is 13.1. The summed E-state index contributed by atoms with van der Waals surface area (Å²) in [7, 11) is -0.859. The van der Waals surface area contributed by atoms with E-state index in [0.29, 0.717) is 18.8 Å². The van der Waals surface area contributed by atoms with Crippen LogP contribution in [-0.2, 0) is 23.8 Å². The lowest BCUT2D eigenvalue weighted by Gasteiger charge is -2.12. The van der Waals surface area contributed by atoms with Gasteiger partial charge in [0, 0.05) is 47.3 Å². The van der Waals surface area contributed by atoms with Crippen LogP contribution in [-0.4, -0.2) is 36.1 Å². The molecule has 0 amide bonds. The van der Waals surface area contributed by atoms with Crippen LogP contribution in [0, 0.1) is 0 Å². The number of halogens is 1. The second-order valence-corrected chi connectivity index (χ2v) is 6.41. The molecule has 2 atom stereocenters. The summed E-state index contributed by atoms with van der Waals surface area (Å²) in [5, 5.41) is 0.0680. The van der Waals surface area contributed by atoms with Crippen molar-refractivity contribution in [3.05, 3.63) is 24.2 Å². The van der Waals surface area contributed by atoms with Gasteiger partial charge in [0.15, 0.2) is 5.65 Å². The van der Waals surface area contributed by atoms with E-state index in [1.165, 1.54) is 0 Å². The van der Waals surface area contributed by atoms with E-state index in [2.05, 4.69) is 9.97 Å². The van der Waals surface area contributed by atoms with Crippen molar-refractivity contribution < 1.29 is 4.21 Å². The van der Waals surface area contributed by atoms with Crippen LogP contribution in [0.1, 0.15) is 12.7 Å². The van der Waals surface area contributed by atoms with E-state index < -0.39 is 10.8 Å². The maximum absolute atomic E-state index is 11.5. The molecule has 0 saturated carbocycles. The van der Waals surface area contributed by atoms with Crippen LogP contribution in [0.5, 0.6) is 0 Å². The Morgan fingerprint density at radius 2 is 2.33 bits per heavy atom. The largest absolute Gasteiger partial charge is 0.311 e. The number of rotatable bonds is 5. The summed E-state index contributed by atoms with van der Waals surface area (Å²) in [4.78, 5) is 8.89. The first-order valence-electron chi connectivity index (χ1n) is 5.81. The van der Waals surface area contributed by atoms with Gasteiger partial charge in [-0.05, 0) is 19.1 Å². The number of hydrogen-bond donors (Lipinski definition) is 0. The molecule has 0 N–H and O–H groups in total. The predicted molar refractivity (Wildman–Crippen MR) is 75.5 cm³/mol. The van der Waals surface area contributed by atoms with E-state index in [0.717, 1.165) is 17.0 Å². The number of hydrogen-bond acceptors (Lipinski definition) is 3. The summed E-state index contributed by atoms with van der Waals surface area (Å²) >= 11 is 5.80. The van der Waals surface area contributed by atoms with E-state index in [9.17, 15) is 4.21 Å². The molecule has 18 heavy (non-hydrogen) atoms. The number of alkyl halides is 1. The van der Waals surface area contributed by atoms with Crippen LogP contribution in [0.4, 0.5) is 0 Å². The Morgan fingerprint density at radius 3 is 3.00 bits per heavy atom. The fourth-order valence-electron chi connectivity index (χ4n) is 1.83. The minimum absolute atomic E-state index is 0.0680. The van der Waals surface area contributed by atoms with Crippen molar-refractivity contribution in [1.29, 1.82) is 0 Å². The monoisotopic (exact) mass is 285 g/mol. The molecule has 0 bridgehead atoms. The quantitative estimate of drug-likeness (QED) is 0.789. The molecule has 0 radical (unpaired) electrons. The summed E-state index contributed by atoms with van der Waals surface area (Å²) in [5.41, 5.74) is 1.71. The summed E-state index contributed by atoms with van der Waals surface area (Å²) < 4.78 is 13.5. The van der Waals surface area contributed by atoms with Gasteiger partial charge in [-0.15, -0.1) is 11.6 Å². The van der Waals surface area contributed by atoms with Crippen molar-refractivity contribution in [2.45, 2.75) is 25.1 Å². The first kappa shape index (κ1) is 13.5. The maximum Gasteiger partial charge on any atom is 0.160 e. The van der Waals surface area contributed by atoms with Gasteiger partial charge in [0.05, 0.1) is 0 Å². The fraction of sp³-hybridized carbons (Fsp3) is 0.500. The van der Waals surface area contributed by atoms with Crippen molar-refractivity contribution >= 4 is 33.6 Å². The molecular weight excluding hydrogens is 270 g/mol. The molecule has 0 aliphatic heterocycles. The minimum Gasteiger partial charge on any atom is -0.311 e. The van der Waals surface area contributed by atoms with Gasteiger partial charge in [-0.3, -0.25) is 4.21 Å². The SMILES string of the molecule is CC(Cn1c(CCCl)nc2cccnc21)S(C)=O. The molecule has 0 aliphatic rings. The summed E-state index contributed by atoms with van der Waals surface area (Å²) in [5.74, 6) is 1.43. The Bertz CT molecular complexity index is 569. The zero-order valence-corrected chi connectivity index (χ0v) is 12.0. The number of fused-ring (bicyclic) bond motifs is 1. The molecule has 2 aromatic rings. The lowest BCUT2D eigenvalue weighted by molar-refractivity contribution is 0.633. The van der Waals surface area contributed by atoms with Gasteiger partial charge in [0.2, 0.25) is 0 Å². The molecule has 0 aromatic carbocycles. The number of imidazole rings is 1. The smallest absolute Gasteiger partial charge is 0.160 e. The molecule has 0 spiro atoms. The van der Waals surface area contributed by atoms with Crippen molar-refractivity contribution in [2.24, 2.45) is 0 Å². The van der Waals surface area contributed by atoms with Crippen LogP contribution < -0.4 is 0 Å². The number of pyridine rings is 1. The average Bonchev–Trinajstić information content (AvgIpc) is 2.68. The Labute approximate surface area is 114 Å². The lowest BCUT2D eigenvalue weighted by atomic mass is 10.4. The van der Waals surface area contributed by atoms with Crippen molar-refractivity contribution in [1.82, 2.24) is 14.5 Å². The number of aryl methyl sites for hydroxylation is 1. The molecule has 0 saturated heterocycles. The first-order valence-corrected chi connectivity index (χ1v) is 7.97. The summed E-state index contributed by atoms with van der Waals surface area (Å²) in [6, 6.07) is 3.80. The Kier molecular flexibility index (Phi) is 4.35. The van der Waals surface area contributed by atoms with E-state index >= 15 is 0 Å². The molecule has 0 aliphatic carbocycles. The van der Waals surface area contributed by atoms with E-state index in [1.54, 1.807) is 12.5 Å². The molecule has 4 nitrogen and oxygen atoms in total. The zero-order valence-electron chi connectivity index (χ0n) is 10.5. The Morgan fingerprint density at radius 1 is 1.56 bits per heavy atom. The summed E-state index contributed by atoms with van der Waals surface area (Å²) in [6.45, 7) is 2.62. The van der Waals surface area contributed by atoms with E-state index in [1.807, 2.05) is 23.6 Å². The van der Waals surface area contributed by atoms with Crippen molar-refractivity contribution in [2.75, 3.05) is 12.1 Å². The van der Waals surface area contributed by atoms with E-state index in [4.69, 9.17) is 11.6 Å². The van der Waals surface area contributed by atoms with Gasteiger partial charge < -0.3 is 4.57 Å². The highest BCUT2D eigenvalue weighted by Crippen LogP contribution is 2.16. The van der Waals surface area contributed by atoms with Crippen LogP contribution in [0.2, 0.25) is 0 Å². The molecule has 0 fully saturated rings. The topological polar surface area (TPSA) is 47.8 Å². The third kappa shape index (κ3) is 2.72. The molecule has 2 rings (SSSR count). The maximum atomic E-state index is 11.5. The van der Waals surface area contributed by atoms with Crippen LogP contribution in [0.3, 0.4) is 0 Å². The predicted octanol–water partition coefficient (Wildman–Crippen LogP) is 1.98. The Balaban J connectivity index is 2.44. The second-order valence-electron chi connectivity index (χ2n) is 4.23. The third-order valence-corrected chi connectivity index (χ3v) is 4.38. The lowest BCUT2D eigenvalue weighted by Crippen LogP contribution is -2.19. The van der Waals surface area contributed by atoms with Gasteiger partial charge in [-0.1, -0.05) is 0 Å². The van der Waals surface area contributed by atoms with E-state index in [-0.39, 0.29) is 5.25 Å². The highest BCUT2D eigenvalue weighted by Gasteiger charge is 2.15. The first-order chi connectivity index (χ1) is 8.63. The molecule has 2 aromatic heterocycles. The molecule has 2 heterocycles. The second kappa shape index (κ2) is 5.80. The fourth-order valence-corrected chi connectivity index (χ4v) is 2.36. The molecule has 6 heteroatoms. The van der Waals surface area contributed by atoms with Crippen LogP contribution in [0.15, 0.2) is 18.3 Å². The Hall–Kier alpha value is -0.940. The van der Waals surface area contributed by atoms with Gasteiger partial charge in [-0.2, -0.15) is 0 Å². The van der Waals surface area contributed by atoms with Crippen molar-refractivity contribution in [3.8, 4) is 0 Å². The van der Waals surface area contributed by atoms with Crippen molar-refractivity contribution in [3.63, 3.8) is 0 Å².